The zero-order chi connectivity index (χ0) is 10.3. The maximum absolute atomic E-state index is 10.7. The van der Waals surface area contributed by atoms with E-state index in [4.69, 9.17) is 15.1 Å². The topological polar surface area (TPSA) is 108 Å². The zero-order valence-electron chi connectivity index (χ0n) is 7.01. The van der Waals surface area contributed by atoms with Crippen molar-refractivity contribution in [1.82, 2.24) is 5.32 Å². The van der Waals surface area contributed by atoms with E-state index in [1.165, 1.54) is 0 Å². The summed E-state index contributed by atoms with van der Waals surface area (Å²) in [5.74, 6) is -2.68. The van der Waals surface area contributed by atoms with Crippen LogP contribution in [0.3, 0.4) is 0 Å². The summed E-state index contributed by atoms with van der Waals surface area (Å²) >= 11 is 0. The summed E-state index contributed by atoms with van der Waals surface area (Å²) in [7, 11) is 0. The molecule has 1 saturated heterocycles. The first kappa shape index (κ1) is 8.95. The van der Waals surface area contributed by atoms with Crippen molar-refractivity contribution in [3.8, 4) is 0 Å². The molecule has 1 fully saturated rings. The van der Waals surface area contributed by atoms with Crippen molar-refractivity contribution in [1.29, 1.82) is 0 Å². The normalized spacial score (nSPS) is 34.6. The molecule has 0 aromatic carbocycles. The molecule has 2 aliphatic rings. The van der Waals surface area contributed by atoms with Gasteiger partial charge in [-0.15, -0.1) is 0 Å². The first-order chi connectivity index (χ1) is 6.61. The average Bonchev–Trinajstić information content (AvgIpc) is 2.59. The summed E-state index contributed by atoms with van der Waals surface area (Å²) < 4.78 is 0. The molecule has 0 aromatic rings. The van der Waals surface area contributed by atoms with E-state index in [-0.39, 0.29) is 12.3 Å². The van der Waals surface area contributed by atoms with Crippen LogP contribution in [0.1, 0.15) is 0 Å². The van der Waals surface area contributed by atoms with Crippen LogP contribution in [0, 0.1) is 5.92 Å². The first-order valence-electron chi connectivity index (χ1n) is 4.04. The van der Waals surface area contributed by atoms with Gasteiger partial charge in [-0.1, -0.05) is 5.16 Å². The van der Waals surface area contributed by atoms with Crippen LogP contribution in [0.25, 0.3) is 0 Å². The Labute approximate surface area is 78.3 Å². The number of hydrogen-bond donors (Lipinski definition) is 3. The molecule has 0 aliphatic carbocycles. The molecule has 7 heteroatoms. The van der Waals surface area contributed by atoms with E-state index in [1.54, 1.807) is 0 Å². The fourth-order valence-corrected chi connectivity index (χ4v) is 1.72. The number of hydrogen-bond acceptors (Lipinski definition) is 5. The third-order valence-corrected chi connectivity index (χ3v) is 2.39. The fraction of sp³-hybridized carbons (Fsp3) is 0.571. The first-order valence-corrected chi connectivity index (χ1v) is 4.04. The van der Waals surface area contributed by atoms with Crippen LogP contribution >= 0.6 is 0 Å². The molecule has 3 atom stereocenters. The lowest BCUT2D eigenvalue weighted by Crippen LogP contribution is -2.39. The average molecular weight is 200 g/mol. The smallest absolute Gasteiger partial charge is 0.354 e. The minimum Gasteiger partial charge on any atom is -0.480 e. The number of fused-ring (bicyclic) bond motifs is 1. The molecule has 0 spiro atoms. The summed E-state index contributed by atoms with van der Waals surface area (Å²) in [6.07, 6.45) is -0.696. The van der Waals surface area contributed by atoms with Gasteiger partial charge in [-0.25, -0.2) is 4.79 Å². The number of nitrogens with one attached hydrogen (secondary N) is 1. The van der Waals surface area contributed by atoms with E-state index in [0.29, 0.717) is 0 Å². The van der Waals surface area contributed by atoms with Gasteiger partial charge in [-0.3, -0.25) is 4.79 Å². The summed E-state index contributed by atoms with van der Waals surface area (Å²) in [5.41, 5.74) is -0.105. The predicted molar refractivity (Wildman–Crippen MR) is 42.9 cm³/mol. The van der Waals surface area contributed by atoms with Crippen molar-refractivity contribution in [2.75, 3.05) is 6.54 Å². The highest BCUT2D eigenvalue weighted by molar-refractivity contribution is 6.37. The quantitative estimate of drug-likeness (QED) is 0.500. The van der Waals surface area contributed by atoms with Gasteiger partial charge in [0.1, 0.15) is 6.04 Å². The summed E-state index contributed by atoms with van der Waals surface area (Å²) in [6, 6.07) is -0.874. The standard InChI is InChI=1S/C7H8N2O5/c10-6(11)3-2-1-8-4(7(12)13)5(2)14-9-3/h2,4-5,8H,1H2,(H,10,11)(H,12,13)/t2-,4+,5+/m1/s1. The van der Waals surface area contributed by atoms with E-state index in [9.17, 15) is 9.59 Å². The largest absolute Gasteiger partial charge is 0.480 e. The van der Waals surface area contributed by atoms with E-state index >= 15 is 0 Å². The van der Waals surface area contributed by atoms with Gasteiger partial charge in [0.15, 0.2) is 11.8 Å². The second-order valence-corrected chi connectivity index (χ2v) is 3.18. The molecule has 2 aliphatic heterocycles. The highest BCUT2D eigenvalue weighted by Gasteiger charge is 2.50. The summed E-state index contributed by atoms with van der Waals surface area (Å²) in [4.78, 5) is 26.1. The minimum absolute atomic E-state index is 0.105. The van der Waals surface area contributed by atoms with E-state index < -0.39 is 30.0 Å². The molecule has 0 unspecified atom stereocenters. The molecule has 0 amide bonds. The molecule has 7 nitrogen and oxygen atoms in total. The molecule has 0 radical (unpaired) electrons. The molecule has 2 heterocycles. The molecule has 0 aromatic heterocycles. The van der Waals surface area contributed by atoms with Crippen molar-refractivity contribution >= 4 is 17.7 Å². The van der Waals surface area contributed by atoms with Crippen molar-refractivity contribution < 1.29 is 24.6 Å². The summed E-state index contributed by atoms with van der Waals surface area (Å²) in [5, 5.41) is 23.5. The Kier molecular flexibility index (Phi) is 1.88. The van der Waals surface area contributed by atoms with E-state index in [1.807, 2.05) is 0 Å². The number of nitrogens with zero attached hydrogens (tertiary/aromatic N) is 1. The Bertz CT molecular complexity index is 326. The van der Waals surface area contributed by atoms with Crippen LogP contribution in [-0.4, -0.2) is 46.6 Å². The lowest BCUT2D eigenvalue weighted by atomic mass is 9.97. The zero-order valence-corrected chi connectivity index (χ0v) is 7.01. The minimum atomic E-state index is -1.16. The Balaban J connectivity index is 2.16. The third kappa shape index (κ3) is 1.13. The van der Waals surface area contributed by atoms with Gasteiger partial charge in [0.25, 0.3) is 0 Å². The van der Waals surface area contributed by atoms with Crippen LogP contribution in [0.15, 0.2) is 5.16 Å². The number of carboxylic acid groups (broad SMARTS) is 2. The Hall–Kier alpha value is -1.63. The molecule has 0 bridgehead atoms. The summed E-state index contributed by atoms with van der Waals surface area (Å²) in [6.45, 7) is 0.271. The van der Waals surface area contributed by atoms with E-state index in [0.717, 1.165) is 0 Å². The molecule has 76 valence electrons. The SMILES string of the molecule is O=C(O)C1=NO[C@H]2[C@@H]1CN[C@@H]2C(=O)O. The van der Waals surface area contributed by atoms with Crippen molar-refractivity contribution in [2.45, 2.75) is 12.1 Å². The van der Waals surface area contributed by atoms with Gasteiger partial charge in [0, 0.05) is 6.54 Å². The van der Waals surface area contributed by atoms with E-state index in [2.05, 4.69) is 10.5 Å². The lowest BCUT2D eigenvalue weighted by Gasteiger charge is -2.10. The van der Waals surface area contributed by atoms with Crippen LogP contribution in [-0.2, 0) is 14.4 Å². The van der Waals surface area contributed by atoms with Gasteiger partial charge >= 0.3 is 11.9 Å². The van der Waals surface area contributed by atoms with Gasteiger partial charge < -0.3 is 20.4 Å². The number of aliphatic carboxylic acids is 2. The number of carbonyl (C=O) groups is 2. The van der Waals surface area contributed by atoms with Crippen LogP contribution in [0.5, 0.6) is 0 Å². The second-order valence-electron chi connectivity index (χ2n) is 3.18. The highest BCUT2D eigenvalue weighted by Crippen LogP contribution is 2.26. The number of oxime groups is 1. The third-order valence-electron chi connectivity index (χ3n) is 2.39. The molecule has 3 N–H and O–H groups in total. The Morgan fingerprint density at radius 3 is 2.79 bits per heavy atom. The highest BCUT2D eigenvalue weighted by atomic mass is 16.6. The Morgan fingerprint density at radius 1 is 1.50 bits per heavy atom. The number of rotatable bonds is 2. The maximum atomic E-state index is 10.7. The molecular weight excluding hydrogens is 192 g/mol. The fourth-order valence-electron chi connectivity index (χ4n) is 1.72. The van der Waals surface area contributed by atoms with Gasteiger partial charge in [-0.05, 0) is 0 Å². The van der Waals surface area contributed by atoms with Crippen molar-refractivity contribution in [3.05, 3.63) is 0 Å². The van der Waals surface area contributed by atoms with Gasteiger partial charge in [0.2, 0.25) is 0 Å². The lowest BCUT2D eigenvalue weighted by molar-refractivity contribution is -0.142. The molecule has 0 saturated carbocycles. The number of carboxylic acids is 2. The Morgan fingerprint density at radius 2 is 2.21 bits per heavy atom. The molecule has 14 heavy (non-hydrogen) atoms. The van der Waals surface area contributed by atoms with Crippen LogP contribution in [0.2, 0.25) is 0 Å². The van der Waals surface area contributed by atoms with Crippen molar-refractivity contribution in [3.63, 3.8) is 0 Å². The molecular formula is C7H8N2O5. The second kappa shape index (κ2) is 2.95. The van der Waals surface area contributed by atoms with Crippen LogP contribution in [0.4, 0.5) is 0 Å². The monoisotopic (exact) mass is 200 g/mol. The van der Waals surface area contributed by atoms with Gasteiger partial charge in [0.05, 0.1) is 5.92 Å². The van der Waals surface area contributed by atoms with Crippen LogP contribution < -0.4 is 5.32 Å². The molecule has 2 rings (SSSR count). The van der Waals surface area contributed by atoms with Gasteiger partial charge in [-0.2, -0.15) is 0 Å². The predicted octanol–water partition coefficient (Wildman–Crippen LogP) is -1.50. The van der Waals surface area contributed by atoms with Crippen molar-refractivity contribution in [2.24, 2.45) is 11.1 Å². The maximum Gasteiger partial charge on any atom is 0.354 e.